The van der Waals surface area contributed by atoms with Gasteiger partial charge in [-0.15, -0.1) is 5.10 Å². The van der Waals surface area contributed by atoms with Gasteiger partial charge in [0, 0.05) is 24.6 Å². The van der Waals surface area contributed by atoms with Gasteiger partial charge in [-0.2, -0.15) is 15.2 Å². The number of carbonyl (C=O) groups is 1. The maximum atomic E-state index is 11.2. The second-order valence-corrected chi connectivity index (χ2v) is 8.81. The van der Waals surface area contributed by atoms with E-state index in [-0.39, 0.29) is 25.1 Å². The fourth-order valence-electron chi connectivity index (χ4n) is 4.52. The molecular weight excluding hydrogens is 466 g/mol. The number of aliphatic hydroxyl groups excluding tert-OH is 1. The highest BCUT2D eigenvalue weighted by atomic mass is 16.5. The Bertz CT molecular complexity index is 1170. The van der Waals surface area contributed by atoms with E-state index in [0.717, 1.165) is 44.5 Å². The zero-order chi connectivity index (χ0) is 25.5. The van der Waals surface area contributed by atoms with Gasteiger partial charge in [0.2, 0.25) is 5.95 Å². The van der Waals surface area contributed by atoms with Gasteiger partial charge in [0.1, 0.15) is 22.5 Å². The lowest BCUT2D eigenvalue weighted by Crippen LogP contribution is -2.27. The second kappa shape index (κ2) is 11.9. The summed E-state index contributed by atoms with van der Waals surface area (Å²) < 4.78 is 7.35. The molecule has 0 spiro atoms. The molecule has 3 aromatic heterocycles. The summed E-state index contributed by atoms with van der Waals surface area (Å²) in [5.74, 6) is 1.34. The highest BCUT2D eigenvalue weighted by Crippen LogP contribution is 2.29. The van der Waals surface area contributed by atoms with E-state index in [2.05, 4.69) is 48.1 Å². The first kappa shape index (κ1) is 25.5. The minimum absolute atomic E-state index is 0.0155. The molecule has 1 fully saturated rings. The molecule has 13 nitrogen and oxygen atoms in total. The van der Waals surface area contributed by atoms with Crippen molar-refractivity contribution in [2.24, 2.45) is 0 Å². The number of anilines is 2. The number of hydrogen-bond acceptors (Lipinski definition) is 10. The third-order valence-corrected chi connectivity index (χ3v) is 6.29. The Morgan fingerprint density at radius 2 is 2.08 bits per heavy atom. The van der Waals surface area contributed by atoms with Gasteiger partial charge in [-0.05, 0) is 38.8 Å². The molecule has 0 aromatic carbocycles. The van der Waals surface area contributed by atoms with Crippen LogP contribution in [0.5, 0.6) is 5.75 Å². The number of fused-ring (bicyclic) bond motifs is 1. The van der Waals surface area contributed by atoms with Crippen molar-refractivity contribution < 1.29 is 19.7 Å². The predicted octanol–water partition coefficient (Wildman–Crippen LogP) is 2.19. The van der Waals surface area contributed by atoms with Crippen LogP contribution in [0.3, 0.4) is 0 Å². The molecule has 36 heavy (non-hydrogen) atoms. The van der Waals surface area contributed by atoms with Crippen LogP contribution in [0, 0.1) is 0 Å². The average Bonchev–Trinajstić information content (AvgIpc) is 3.27. The zero-order valence-electron chi connectivity index (χ0n) is 20.6. The van der Waals surface area contributed by atoms with Gasteiger partial charge in [-0.25, -0.2) is 9.78 Å². The molecule has 0 saturated carbocycles. The van der Waals surface area contributed by atoms with Crippen molar-refractivity contribution >= 4 is 28.9 Å². The lowest BCUT2D eigenvalue weighted by molar-refractivity contribution is 0.209. The van der Waals surface area contributed by atoms with Gasteiger partial charge in [0.25, 0.3) is 0 Å². The number of nitrogens with zero attached hydrogens (tertiary/aromatic N) is 6. The predicted molar refractivity (Wildman–Crippen MR) is 134 cm³/mol. The first-order chi connectivity index (χ1) is 17.5. The molecule has 4 rings (SSSR count). The number of carboxylic acid groups (broad SMARTS) is 1. The quantitative estimate of drug-likeness (QED) is 0.262. The van der Waals surface area contributed by atoms with E-state index in [1.165, 1.54) is 0 Å². The smallest absolute Gasteiger partial charge is 0.411 e. The van der Waals surface area contributed by atoms with Gasteiger partial charge in [-0.3, -0.25) is 10.00 Å². The number of piperidine rings is 1. The summed E-state index contributed by atoms with van der Waals surface area (Å²) in [5, 5.41) is 41.0. The topological polar surface area (TPSA) is 172 Å². The van der Waals surface area contributed by atoms with E-state index >= 15 is 0 Å². The van der Waals surface area contributed by atoms with Crippen molar-refractivity contribution in [2.75, 3.05) is 37.4 Å². The minimum Gasteiger partial charge on any atom is -0.495 e. The van der Waals surface area contributed by atoms with Crippen LogP contribution >= 0.6 is 0 Å². The van der Waals surface area contributed by atoms with Crippen LogP contribution in [-0.4, -0.2) is 79.1 Å². The summed E-state index contributed by atoms with van der Waals surface area (Å²) in [7, 11) is 1.61. The summed E-state index contributed by atoms with van der Waals surface area (Å²) in [6.07, 6.45) is 4.54. The molecule has 1 atom stereocenters. The molecule has 3 aromatic rings. The Kier molecular flexibility index (Phi) is 8.44. The maximum absolute atomic E-state index is 11.2. The van der Waals surface area contributed by atoms with E-state index in [4.69, 9.17) is 9.84 Å². The standard InChI is InChI=1S/C23H33N9O4/c1-3-4-15(7-10-33)26-21-20-17(27-22(28-21)29-23(34)35)12-25-32(20)13-18-19(36-2)11-16(30-31-18)14-5-8-24-9-6-14/h11-12,14-15,24,33H,3-10,13H2,1-2H3,(H,34,35)(H2,26,27,28,29)/t15-/m0/s1. The first-order valence-corrected chi connectivity index (χ1v) is 12.2. The van der Waals surface area contributed by atoms with Crippen molar-refractivity contribution in [3.63, 3.8) is 0 Å². The van der Waals surface area contributed by atoms with E-state index in [1.54, 1.807) is 18.0 Å². The highest BCUT2D eigenvalue weighted by Gasteiger charge is 2.22. The van der Waals surface area contributed by atoms with E-state index < -0.39 is 6.09 Å². The number of methoxy groups -OCH3 is 1. The molecule has 13 heteroatoms. The van der Waals surface area contributed by atoms with Crippen LogP contribution in [0.1, 0.15) is 56.3 Å². The number of rotatable bonds is 11. The van der Waals surface area contributed by atoms with Crippen LogP contribution in [-0.2, 0) is 6.54 Å². The van der Waals surface area contributed by atoms with Gasteiger partial charge < -0.3 is 25.6 Å². The molecule has 194 valence electrons. The van der Waals surface area contributed by atoms with Crippen molar-refractivity contribution in [1.29, 1.82) is 0 Å². The molecule has 1 saturated heterocycles. The molecule has 0 radical (unpaired) electrons. The van der Waals surface area contributed by atoms with Crippen LogP contribution in [0.15, 0.2) is 12.3 Å². The van der Waals surface area contributed by atoms with Crippen LogP contribution in [0.25, 0.3) is 11.0 Å². The van der Waals surface area contributed by atoms with Crippen LogP contribution in [0.4, 0.5) is 16.6 Å². The Balaban J connectivity index is 1.69. The Labute approximate surface area is 208 Å². The minimum atomic E-state index is -1.26. The Hall–Kier alpha value is -3.58. The second-order valence-electron chi connectivity index (χ2n) is 8.81. The Morgan fingerprint density at radius 1 is 1.28 bits per heavy atom. The third-order valence-electron chi connectivity index (χ3n) is 6.29. The monoisotopic (exact) mass is 499 g/mol. The molecule has 0 bridgehead atoms. The van der Waals surface area contributed by atoms with Gasteiger partial charge in [-0.1, -0.05) is 13.3 Å². The molecule has 5 N–H and O–H groups in total. The van der Waals surface area contributed by atoms with Crippen molar-refractivity contribution in [3.05, 3.63) is 23.7 Å². The van der Waals surface area contributed by atoms with Gasteiger partial charge in [0.05, 0.1) is 25.5 Å². The molecular formula is C23H33N9O4. The number of aliphatic hydroxyl groups is 1. The fourth-order valence-corrected chi connectivity index (χ4v) is 4.52. The number of ether oxygens (including phenoxy) is 1. The summed E-state index contributed by atoms with van der Waals surface area (Å²) in [4.78, 5) is 19.9. The summed E-state index contributed by atoms with van der Waals surface area (Å²) in [5.41, 5.74) is 2.59. The highest BCUT2D eigenvalue weighted by molar-refractivity contribution is 5.89. The molecule has 0 unspecified atom stereocenters. The summed E-state index contributed by atoms with van der Waals surface area (Å²) in [6, 6.07) is 1.89. The number of hydrogen-bond donors (Lipinski definition) is 5. The number of aromatic nitrogens is 6. The summed E-state index contributed by atoms with van der Waals surface area (Å²) >= 11 is 0. The lowest BCUT2D eigenvalue weighted by atomic mass is 9.94. The largest absolute Gasteiger partial charge is 0.495 e. The van der Waals surface area contributed by atoms with Crippen molar-refractivity contribution in [1.82, 2.24) is 35.3 Å². The SMILES string of the molecule is CCC[C@@H](CCO)Nc1nc(NC(=O)O)nc2cnn(Cc3nnc(C4CCNCC4)cc3OC)c12. The molecule has 1 aliphatic rings. The van der Waals surface area contributed by atoms with Crippen LogP contribution < -0.4 is 20.7 Å². The fraction of sp³-hybridized carbons (Fsp3) is 0.565. The van der Waals surface area contributed by atoms with Gasteiger partial charge in [0.15, 0.2) is 5.82 Å². The third kappa shape index (κ3) is 5.97. The summed E-state index contributed by atoms with van der Waals surface area (Å²) in [6.45, 7) is 4.25. The van der Waals surface area contributed by atoms with Crippen LogP contribution in [0.2, 0.25) is 0 Å². The van der Waals surface area contributed by atoms with E-state index in [1.807, 2.05) is 6.07 Å². The molecule has 1 amide bonds. The van der Waals surface area contributed by atoms with Crippen molar-refractivity contribution in [2.45, 2.75) is 57.5 Å². The number of nitrogens with one attached hydrogen (secondary N) is 3. The lowest BCUT2D eigenvalue weighted by Gasteiger charge is -2.22. The number of amides is 1. The molecule has 0 aliphatic carbocycles. The maximum Gasteiger partial charge on any atom is 0.411 e. The molecule has 1 aliphatic heterocycles. The van der Waals surface area contributed by atoms with Crippen molar-refractivity contribution in [3.8, 4) is 5.75 Å². The normalized spacial score (nSPS) is 15.1. The average molecular weight is 500 g/mol. The molecule has 4 heterocycles. The van der Waals surface area contributed by atoms with Gasteiger partial charge >= 0.3 is 6.09 Å². The zero-order valence-corrected chi connectivity index (χ0v) is 20.6. The Morgan fingerprint density at radius 3 is 2.78 bits per heavy atom. The van der Waals surface area contributed by atoms with E-state index in [0.29, 0.717) is 40.6 Å². The van der Waals surface area contributed by atoms with E-state index in [9.17, 15) is 9.90 Å². The first-order valence-electron chi connectivity index (χ1n) is 12.2.